The Hall–Kier alpha value is -1.60. The number of hydrogen-bond donors (Lipinski definition) is 2. The fraction of sp³-hybridized carbons (Fsp3) is 0.294. The SMILES string of the molecule is COc1ccc(Cl)cc1S(=O)(=O)NC[C@@]1(O)CCc2ccccc21. The second-order valence-electron chi connectivity index (χ2n) is 5.81. The van der Waals surface area contributed by atoms with E-state index in [-0.39, 0.29) is 17.2 Å². The highest BCUT2D eigenvalue weighted by Crippen LogP contribution is 2.36. The summed E-state index contributed by atoms with van der Waals surface area (Å²) in [5.74, 6) is 0.200. The molecule has 0 radical (unpaired) electrons. The van der Waals surface area contributed by atoms with Gasteiger partial charge in [0.1, 0.15) is 16.2 Å². The molecule has 2 aromatic carbocycles. The molecule has 3 rings (SSSR count). The van der Waals surface area contributed by atoms with Gasteiger partial charge in [0.2, 0.25) is 10.0 Å². The summed E-state index contributed by atoms with van der Waals surface area (Å²) in [7, 11) is -2.48. The fourth-order valence-electron chi connectivity index (χ4n) is 3.00. The largest absolute Gasteiger partial charge is 0.495 e. The minimum absolute atomic E-state index is 0.0487. The van der Waals surface area contributed by atoms with Crippen LogP contribution in [0.3, 0.4) is 0 Å². The second-order valence-corrected chi connectivity index (χ2v) is 7.98. The van der Waals surface area contributed by atoms with Crippen molar-refractivity contribution in [2.24, 2.45) is 0 Å². The van der Waals surface area contributed by atoms with Crippen molar-refractivity contribution in [1.82, 2.24) is 4.72 Å². The number of aliphatic hydroxyl groups is 1. The first-order valence-corrected chi connectivity index (χ1v) is 9.36. The quantitative estimate of drug-likeness (QED) is 0.851. The van der Waals surface area contributed by atoms with Crippen molar-refractivity contribution in [3.05, 3.63) is 58.6 Å². The van der Waals surface area contributed by atoms with E-state index < -0.39 is 15.6 Å². The van der Waals surface area contributed by atoms with Crippen molar-refractivity contribution in [2.45, 2.75) is 23.3 Å². The number of ether oxygens (including phenoxy) is 1. The Morgan fingerprint density at radius 1 is 1.29 bits per heavy atom. The summed E-state index contributed by atoms with van der Waals surface area (Å²) >= 11 is 5.90. The predicted molar refractivity (Wildman–Crippen MR) is 91.9 cm³/mol. The van der Waals surface area contributed by atoms with Gasteiger partial charge in [-0.2, -0.15) is 0 Å². The average molecular weight is 368 g/mol. The van der Waals surface area contributed by atoms with Gasteiger partial charge in [0.05, 0.1) is 7.11 Å². The average Bonchev–Trinajstić information content (AvgIpc) is 2.91. The summed E-state index contributed by atoms with van der Waals surface area (Å²) in [6, 6.07) is 11.9. The molecule has 1 atom stereocenters. The number of methoxy groups -OCH3 is 1. The Labute approximate surface area is 146 Å². The van der Waals surface area contributed by atoms with Crippen LogP contribution >= 0.6 is 11.6 Å². The summed E-state index contributed by atoms with van der Waals surface area (Å²) in [4.78, 5) is -0.0487. The third-order valence-electron chi connectivity index (χ3n) is 4.30. The highest BCUT2D eigenvalue weighted by molar-refractivity contribution is 7.89. The molecule has 2 N–H and O–H groups in total. The Balaban J connectivity index is 1.86. The van der Waals surface area contributed by atoms with Gasteiger partial charge in [-0.05, 0) is 42.2 Å². The van der Waals surface area contributed by atoms with E-state index in [2.05, 4.69) is 4.72 Å². The van der Waals surface area contributed by atoms with E-state index in [0.717, 1.165) is 17.5 Å². The highest BCUT2D eigenvalue weighted by Gasteiger charge is 2.37. The van der Waals surface area contributed by atoms with Crippen LogP contribution in [-0.4, -0.2) is 27.2 Å². The topological polar surface area (TPSA) is 75.6 Å². The Morgan fingerprint density at radius 3 is 2.79 bits per heavy atom. The lowest BCUT2D eigenvalue weighted by atomic mass is 9.96. The van der Waals surface area contributed by atoms with Gasteiger partial charge < -0.3 is 9.84 Å². The molecule has 7 heteroatoms. The summed E-state index contributed by atoms with van der Waals surface area (Å²) in [5.41, 5.74) is 0.598. The van der Waals surface area contributed by atoms with Gasteiger partial charge in [-0.15, -0.1) is 0 Å². The molecule has 0 saturated carbocycles. The molecule has 1 aliphatic carbocycles. The molecule has 0 bridgehead atoms. The Kier molecular flexibility index (Phi) is 4.57. The molecule has 2 aromatic rings. The minimum atomic E-state index is -3.87. The molecule has 0 amide bonds. The molecular weight excluding hydrogens is 350 g/mol. The maximum absolute atomic E-state index is 12.6. The third-order valence-corrected chi connectivity index (χ3v) is 5.95. The van der Waals surface area contributed by atoms with Gasteiger partial charge in [0, 0.05) is 11.6 Å². The molecule has 0 fully saturated rings. The molecule has 0 saturated heterocycles. The fourth-order valence-corrected chi connectivity index (χ4v) is 4.52. The zero-order valence-corrected chi connectivity index (χ0v) is 14.7. The lowest BCUT2D eigenvalue weighted by molar-refractivity contribution is 0.0442. The van der Waals surface area contributed by atoms with E-state index >= 15 is 0 Å². The normalized spacial score (nSPS) is 20.0. The van der Waals surface area contributed by atoms with Gasteiger partial charge >= 0.3 is 0 Å². The monoisotopic (exact) mass is 367 g/mol. The number of halogens is 1. The van der Waals surface area contributed by atoms with Crippen LogP contribution in [0.15, 0.2) is 47.4 Å². The van der Waals surface area contributed by atoms with Crippen molar-refractivity contribution in [1.29, 1.82) is 0 Å². The van der Waals surface area contributed by atoms with Gasteiger partial charge in [-0.3, -0.25) is 0 Å². The van der Waals surface area contributed by atoms with Crippen molar-refractivity contribution >= 4 is 21.6 Å². The lowest BCUT2D eigenvalue weighted by Crippen LogP contribution is -2.39. The summed E-state index contributed by atoms with van der Waals surface area (Å²) < 4.78 is 32.8. The molecule has 0 aliphatic heterocycles. The van der Waals surface area contributed by atoms with Crippen LogP contribution < -0.4 is 9.46 Å². The number of sulfonamides is 1. The molecule has 1 aliphatic rings. The van der Waals surface area contributed by atoms with Crippen molar-refractivity contribution < 1.29 is 18.3 Å². The van der Waals surface area contributed by atoms with Gasteiger partial charge in [-0.1, -0.05) is 35.9 Å². The maximum Gasteiger partial charge on any atom is 0.244 e. The van der Waals surface area contributed by atoms with Crippen molar-refractivity contribution in [3.8, 4) is 5.75 Å². The maximum atomic E-state index is 12.6. The van der Waals surface area contributed by atoms with Crippen LogP contribution in [0.25, 0.3) is 0 Å². The third kappa shape index (κ3) is 3.15. The molecule has 0 spiro atoms. The van der Waals surface area contributed by atoms with Crippen LogP contribution in [0.2, 0.25) is 5.02 Å². The van der Waals surface area contributed by atoms with E-state index in [9.17, 15) is 13.5 Å². The van der Waals surface area contributed by atoms with Crippen LogP contribution in [0.1, 0.15) is 17.5 Å². The Morgan fingerprint density at radius 2 is 2.04 bits per heavy atom. The molecule has 24 heavy (non-hydrogen) atoms. The standard InChI is InChI=1S/C17H18ClNO4S/c1-23-15-7-6-13(18)10-16(15)24(21,22)19-11-17(20)9-8-12-4-2-3-5-14(12)17/h2-7,10,19-20H,8-9,11H2,1H3/t17-/m0/s1. The molecule has 0 unspecified atom stereocenters. The van der Waals surface area contributed by atoms with E-state index in [1.54, 1.807) is 6.07 Å². The van der Waals surface area contributed by atoms with E-state index in [4.69, 9.17) is 16.3 Å². The number of hydrogen-bond acceptors (Lipinski definition) is 4. The number of nitrogens with one attached hydrogen (secondary N) is 1. The Bertz CT molecular complexity index is 869. The van der Waals surface area contributed by atoms with Crippen LogP contribution in [0.4, 0.5) is 0 Å². The van der Waals surface area contributed by atoms with Crippen molar-refractivity contribution in [3.63, 3.8) is 0 Å². The number of benzene rings is 2. The van der Waals surface area contributed by atoms with E-state index in [0.29, 0.717) is 11.4 Å². The number of rotatable bonds is 5. The van der Waals surface area contributed by atoms with Crippen LogP contribution in [0, 0.1) is 0 Å². The second kappa shape index (κ2) is 6.37. The summed E-state index contributed by atoms with van der Waals surface area (Å²) in [6.45, 7) is -0.109. The van der Waals surface area contributed by atoms with Gasteiger partial charge in [-0.25, -0.2) is 13.1 Å². The summed E-state index contributed by atoms with van der Waals surface area (Å²) in [6.07, 6.45) is 1.19. The van der Waals surface area contributed by atoms with Crippen LogP contribution in [-0.2, 0) is 22.0 Å². The van der Waals surface area contributed by atoms with Crippen molar-refractivity contribution in [2.75, 3.05) is 13.7 Å². The van der Waals surface area contributed by atoms with Gasteiger partial charge in [0.15, 0.2) is 0 Å². The number of aryl methyl sites for hydroxylation is 1. The zero-order valence-electron chi connectivity index (χ0n) is 13.1. The van der Waals surface area contributed by atoms with E-state index in [1.165, 1.54) is 19.2 Å². The molecule has 0 heterocycles. The molecular formula is C17H18ClNO4S. The smallest absolute Gasteiger partial charge is 0.244 e. The first-order chi connectivity index (χ1) is 11.4. The zero-order chi connectivity index (χ0) is 17.4. The first-order valence-electron chi connectivity index (χ1n) is 7.50. The van der Waals surface area contributed by atoms with Crippen LogP contribution in [0.5, 0.6) is 5.75 Å². The van der Waals surface area contributed by atoms with Gasteiger partial charge in [0.25, 0.3) is 0 Å². The highest BCUT2D eigenvalue weighted by atomic mass is 35.5. The lowest BCUT2D eigenvalue weighted by Gasteiger charge is -2.24. The molecule has 128 valence electrons. The summed E-state index contributed by atoms with van der Waals surface area (Å²) in [5, 5.41) is 11.1. The molecule has 5 nitrogen and oxygen atoms in total. The minimum Gasteiger partial charge on any atom is -0.495 e. The van der Waals surface area contributed by atoms with E-state index in [1.807, 2.05) is 24.3 Å². The predicted octanol–water partition coefficient (Wildman–Crippen LogP) is 2.46. The number of fused-ring (bicyclic) bond motifs is 1. The molecule has 0 aromatic heterocycles. The first kappa shape index (κ1) is 17.2.